The molecule has 6 rings (SSSR count). The molecule has 0 N–H and O–H groups in total. The lowest BCUT2D eigenvalue weighted by molar-refractivity contribution is -0.0792. The molecular formula is C15H18O2. The van der Waals surface area contributed by atoms with E-state index in [0.29, 0.717) is 13.2 Å². The van der Waals surface area contributed by atoms with Gasteiger partial charge in [-0.1, -0.05) is 24.3 Å². The highest BCUT2D eigenvalue weighted by atomic mass is 16.7. The Morgan fingerprint density at radius 3 is 1.88 bits per heavy atom. The topological polar surface area (TPSA) is 18.5 Å². The van der Waals surface area contributed by atoms with E-state index in [-0.39, 0.29) is 0 Å². The van der Waals surface area contributed by atoms with E-state index in [2.05, 4.69) is 36.5 Å². The van der Waals surface area contributed by atoms with Crippen molar-refractivity contribution >= 4 is 0 Å². The van der Waals surface area contributed by atoms with Gasteiger partial charge in [-0.25, -0.2) is 0 Å². The first kappa shape index (κ1) is 10.1. The average Bonchev–Trinajstić information content (AvgIpc) is 2.54. The number of hydrogen-bond acceptors (Lipinski definition) is 2. The van der Waals surface area contributed by atoms with Crippen molar-refractivity contribution in [3.8, 4) is 0 Å². The van der Waals surface area contributed by atoms with Gasteiger partial charge in [0.2, 0.25) is 5.79 Å². The van der Waals surface area contributed by atoms with Crippen LogP contribution in [0.15, 0.2) is 36.5 Å². The van der Waals surface area contributed by atoms with Crippen molar-refractivity contribution in [2.24, 2.45) is 23.7 Å². The molecule has 1 heterocycles. The van der Waals surface area contributed by atoms with Gasteiger partial charge in [-0.2, -0.15) is 0 Å². The molecule has 0 amide bonds. The van der Waals surface area contributed by atoms with E-state index in [1.807, 2.05) is 0 Å². The van der Waals surface area contributed by atoms with E-state index < -0.39 is 5.79 Å². The monoisotopic (exact) mass is 230 g/mol. The fourth-order valence-electron chi connectivity index (χ4n) is 3.89. The largest absolute Gasteiger partial charge is 0.341 e. The summed E-state index contributed by atoms with van der Waals surface area (Å²) < 4.78 is 11.5. The van der Waals surface area contributed by atoms with Gasteiger partial charge in [0, 0.05) is 0 Å². The summed E-state index contributed by atoms with van der Waals surface area (Å²) in [6.07, 6.45) is 16.2. The molecule has 0 aromatic carbocycles. The quantitative estimate of drug-likeness (QED) is 0.596. The van der Waals surface area contributed by atoms with Crippen LogP contribution < -0.4 is 0 Å². The predicted octanol–water partition coefficient (Wildman–Crippen LogP) is 2.68. The third-order valence-electron chi connectivity index (χ3n) is 4.80. The van der Waals surface area contributed by atoms with E-state index in [0.717, 1.165) is 23.7 Å². The highest BCUT2D eigenvalue weighted by Crippen LogP contribution is 2.54. The van der Waals surface area contributed by atoms with Crippen molar-refractivity contribution in [3.05, 3.63) is 36.5 Å². The van der Waals surface area contributed by atoms with E-state index in [1.165, 1.54) is 12.8 Å². The van der Waals surface area contributed by atoms with Gasteiger partial charge in [-0.05, 0) is 48.7 Å². The molecule has 0 aromatic rings. The zero-order valence-electron chi connectivity index (χ0n) is 9.92. The molecule has 1 saturated carbocycles. The van der Waals surface area contributed by atoms with Crippen LogP contribution in [0.4, 0.5) is 0 Å². The smallest absolute Gasteiger partial charge is 0.208 e. The Bertz CT molecular complexity index is 361. The van der Waals surface area contributed by atoms with Crippen molar-refractivity contribution in [2.45, 2.75) is 18.6 Å². The van der Waals surface area contributed by atoms with Crippen LogP contribution in [0.1, 0.15) is 12.8 Å². The van der Waals surface area contributed by atoms with Crippen LogP contribution in [-0.2, 0) is 9.47 Å². The molecule has 0 aromatic heterocycles. The third-order valence-corrected chi connectivity index (χ3v) is 4.80. The Labute approximate surface area is 102 Å². The lowest BCUT2D eigenvalue weighted by Gasteiger charge is -2.50. The molecule has 0 radical (unpaired) electrons. The minimum atomic E-state index is -0.534. The Morgan fingerprint density at radius 1 is 0.824 bits per heavy atom. The number of allylic oxidation sites excluding steroid dienone is 4. The standard InChI is InChI=1S/C15H18O2/c1-2-4-12-13-5-7-15(16-9-10-17-15)8-6-14(12)11(13)3-1/h1-2,5-8,11-14H,3-4,9-10H2/b7-5-,8-6-. The van der Waals surface area contributed by atoms with Crippen molar-refractivity contribution in [1.82, 2.24) is 0 Å². The Hall–Kier alpha value is -0.860. The molecule has 2 nitrogen and oxygen atoms in total. The Kier molecular flexibility index (Phi) is 2.12. The van der Waals surface area contributed by atoms with Crippen LogP contribution in [0.5, 0.6) is 0 Å². The van der Waals surface area contributed by atoms with E-state index in [4.69, 9.17) is 9.47 Å². The number of ether oxygens (including phenoxy) is 2. The van der Waals surface area contributed by atoms with Gasteiger partial charge in [-0.3, -0.25) is 0 Å². The van der Waals surface area contributed by atoms with Crippen LogP contribution in [0.25, 0.3) is 0 Å². The highest BCUT2D eigenvalue weighted by molar-refractivity contribution is 5.25. The maximum absolute atomic E-state index is 5.73. The number of hydrogen-bond donors (Lipinski definition) is 0. The first-order valence-electron chi connectivity index (χ1n) is 6.70. The molecule has 5 aliphatic carbocycles. The van der Waals surface area contributed by atoms with Gasteiger partial charge in [0.15, 0.2) is 0 Å². The minimum absolute atomic E-state index is 0.534. The second kappa shape index (κ2) is 3.56. The van der Waals surface area contributed by atoms with Crippen LogP contribution in [-0.4, -0.2) is 19.0 Å². The van der Waals surface area contributed by atoms with Crippen LogP contribution in [0, 0.1) is 23.7 Å². The van der Waals surface area contributed by atoms with Gasteiger partial charge in [0.05, 0.1) is 13.2 Å². The summed E-state index contributed by atoms with van der Waals surface area (Å²) in [4.78, 5) is 0. The second-order valence-corrected chi connectivity index (χ2v) is 5.56. The normalized spacial score (nSPS) is 48.9. The van der Waals surface area contributed by atoms with E-state index in [9.17, 15) is 0 Å². The van der Waals surface area contributed by atoms with Crippen LogP contribution >= 0.6 is 0 Å². The van der Waals surface area contributed by atoms with E-state index >= 15 is 0 Å². The zero-order chi connectivity index (χ0) is 11.3. The Morgan fingerprint density at radius 2 is 1.35 bits per heavy atom. The summed E-state index contributed by atoms with van der Waals surface area (Å²) in [5.74, 6) is 2.54. The zero-order valence-corrected chi connectivity index (χ0v) is 9.92. The maximum Gasteiger partial charge on any atom is 0.208 e. The summed E-state index contributed by atoms with van der Waals surface area (Å²) in [6.45, 7) is 1.41. The van der Waals surface area contributed by atoms with Crippen molar-refractivity contribution < 1.29 is 9.47 Å². The molecule has 1 spiro atoms. The molecule has 6 aliphatic rings. The molecule has 17 heavy (non-hydrogen) atoms. The summed E-state index contributed by atoms with van der Waals surface area (Å²) in [7, 11) is 0. The summed E-state index contributed by atoms with van der Waals surface area (Å²) in [6, 6.07) is 0. The fraction of sp³-hybridized carbons (Fsp3) is 0.600. The van der Waals surface area contributed by atoms with Gasteiger partial charge >= 0.3 is 0 Å². The molecule has 1 saturated heterocycles. The first-order chi connectivity index (χ1) is 8.38. The summed E-state index contributed by atoms with van der Waals surface area (Å²) in [5, 5.41) is 0. The first-order valence-corrected chi connectivity index (χ1v) is 6.70. The highest BCUT2D eigenvalue weighted by Gasteiger charge is 2.49. The van der Waals surface area contributed by atoms with Crippen LogP contribution in [0.2, 0.25) is 0 Å². The maximum atomic E-state index is 5.73. The van der Waals surface area contributed by atoms with Gasteiger partial charge in [0.1, 0.15) is 0 Å². The lowest BCUT2D eigenvalue weighted by Crippen LogP contribution is -2.45. The van der Waals surface area contributed by atoms with Gasteiger partial charge < -0.3 is 9.47 Å². The number of fused-ring (bicyclic) bond motifs is 2. The van der Waals surface area contributed by atoms with Gasteiger partial charge in [0.25, 0.3) is 0 Å². The molecule has 2 fully saturated rings. The molecule has 4 bridgehead atoms. The molecule has 90 valence electrons. The van der Waals surface area contributed by atoms with Crippen molar-refractivity contribution in [1.29, 1.82) is 0 Å². The van der Waals surface area contributed by atoms with E-state index in [1.54, 1.807) is 0 Å². The second-order valence-electron chi connectivity index (χ2n) is 5.56. The molecule has 1 aliphatic heterocycles. The molecule has 2 heteroatoms. The SMILES string of the molecule is C1=CCC2C3/C=C\C4(/C=C\C2C3C1)OCCO4. The minimum Gasteiger partial charge on any atom is -0.341 e. The fourth-order valence-corrected chi connectivity index (χ4v) is 3.89. The molecule has 0 unspecified atom stereocenters. The molecule has 0 atom stereocenters. The Balaban J connectivity index is 1.66. The average molecular weight is 230 g/mol. The predicted molar refractivity (Wildman–Crippen MR) is 65.2 cm³/mol. The number of rotatable bonds is 0. The summed E-state index contributed by atoms with van der Waals surface area (Å²) in [5.41, 5.74) is 0. The third kappa shape index (κ3) is 1.40. The lowest BCUT2D eigenvalue weighted by atomic mass is 9.55. The van der Waals surface area contributed by atoms with Gasteiger partial charge in [-0.15, -0.1) is 0 Å². The van der Waals surface area contributed by atoms with Crippen molar-refractivity contribution in [2.75, 3.05) is 13.2 Å². The molecular weight excluding hydrogens is 212 g/mol. The van der Waals surface area contributed by atoms with Crippen molar-refractivity contribution in [3.63, 3.8) is 0 Å². The summed E-state index contributed by atoms with van der Waals surface area (Å²) >= 11 is 0. The van der Waals surface area contributed by atoms with Crippen LogP contribution in [0.3, 0.4) is 0 Å².